The normalized spacial score (nSPS) is 13.8. The number of amidine groups is 1. The molecular formula is C36H40N6O6S2. The quantitative estimate of drug-likeness (QED) is 0.103. The van der Waals surface area contributed by atoms with Crippen molar-refractivity contribution < 1.29 is 27.6 Å². The Balaban J connectivity index is 1.66. The summed E-state index contributed by atoms with van der Waals surface area (Å²) in [5.41, 5.74) is 8.52. The second-order valence-electron chi connectivity index (χ2n) is 11.3. The van der Waals surface area contributed by atoms with E-state index in [1.54, 1.807) is 16.9 Å². The van der Waals surface area contributed by atoms with Crippen molar-refractivity contribution in [2.75, 3.05) is 32.1 Å². The van der Waals surface area contributed by atoms with Crippen LogP contribution in [0.3, 0.4) is 0 Å². The highest BCUT2D eigenvalue weighted by Gasteiger charge is 2.37. The van der Waals surface area contributed by atoms with Crippen molar-refractivity contribution in [3.8, 4) is 0 Å². The zero-order valence-corrected chi connectivity index (χ0v) is 29.4. The Labute approximate surface area is 296 Å². The van der Waals surface area contributed by atoms with Crippen molar-refractivity contribution >= 4 is 51.1 Å². The van der Waals surface area contributed by atoms with Crippen LogP contribution in [0.2, 0.25) is 0 Å². The third-order valence-electron chi connectivity index (χ3n) is 7.76. The van der Waals surface area contributed by atoms with Crippen molar-refractivity contribution in [1.29, 1.82) is 0 Å². The van der Waals surface area contributed by atoms with E-state index in [9.17, 15) is 18.0 Å². The van der Waals surface area contributed by atoms with Crippen LogP contribution >= 0.6 is 11.3 Å². The number of ether oxygens (including phenoxy) is 1. The molecule has 3 aromatic carbocycles. The number of fused-ring (bicyclic) bond motifs is 1. The highest BCUT2D eigenvalue weighted by atomic mass is 32.2. The molecule has 1 aromatic heterocycles. The van der Waals surface area contributed by atoms with E-state index in [1.165, 1.54) is 16.4 Å². The predicted octanol–water partition coefficient (Wildman–Crippen LogP) is 5.16. The molecular weight excluding hydrogens is 677 g/mol. The number of carbonyl (C=O) groups is 2. The maximum atomic E-state index is 14.1. The van der Waals surface area contributed by atoms with E-state index in [0.29, 0.717) is 39.8 Å². The van der Waals surface area contributed by atoms with Gasteiger partial charge < -0.3 is 15.8 Å². The van der Waals surface area contributed by atoms with Gasteiger partial charge in [-0.05, 0) is 35.3 Å². The van der Waals surface area contributed by atoms with Crippen molar-refractivity contribution in [2.45, 2.75) is 31.8 Å². The van der Waals surface area contributed by atoms with Crippen molar-refractivity contribution in [2.24, 2.45) is 10.7 Å². The molecule has 14 heteroatoms. The molecule has 4 aromatic rings. The second-order valence-corrected chi connectivity index (χ2v) is 13.9. The first-order chi connectivity index (χ1) is 24.2. The number of hydrogen-bond acceptors (Lipinski definition) is 9. The second kappa shape index (κ2) is 16.7. The molecule has 0 saturated heterocycles. The largest absolute Gasteiger partial charge is 0.452 e. The fourth-order valence-electron chi connectivity index (χ4n) is 5.58. The summed E-state index contributed by atoms with van der Waals surface area (Å²) in [5.74, 6) is 0.179. The maximum absolute atomic E-state index is 14.1. The molecule has 0 unspecified atom stereocenters. The van der Waals surface area contributed by atoms with Crippen molar-refractivity contribution in [3.63, 3.8) is 0 Å². The Morgan fingerprint density at radius 1 is 0.980 bits per heavy atom. The molecule has 0 radical (unpaired) electrons. The minimum absolute atomic E-state index is 0.126. The van der Waals surface area contributed by atoms with Crippen LogP contribution < -0.4 is 20.5 Å². The van der Waals surface area contributed by atoms with E-state index in [4.69, 9.17) is 15.6 Å². The zero-order valence-electron chi connectivity index (χ0n) is 27.8. The molecule has 1 aliphatic rings. The molecule has 0 aliphatic carbocycles. The van der Waals surface area contributed by atoms with E-state index >= 15 is 0 Å². The van der Waals surface area contributed by atoms with Crippen LogP contribution in [0.4, 0.5) is 10.5 Å². The molecule has 1 aliphatic heterocycles. The van der Waals surface area contributed by atoms with Gasteiger partial charge in [0.25, 0.3) is 5.91 Å². The summed E-state index contributed by atoms with van der Waals surface area (Å²) >= 11 is 1.29. The minimum atomic E-state index is -4.19. The molecule has 0 saturated carbocycles. The first kappa shape index (κ1) is 36.4. The van der Waals surface area contributed by atoms with Gasteiger partial charge in [0, 0.05) is 36.5 Å². The van der Waals surface area contributed by atoms with Crippen molar-refractivity contribution in [1.82, 2.24) is 14.5 Å². The van der Waals surface area contributed by atoms with Gasteiger partial charge in [-0.2, -0.15) is 13.1 Å². The van der Waals surface area contributed by atoms with E-state index in [-0.39, 0.29) is 32.0 Å². The lowest BCUT2D eigenvalue weighted by molar-refractivity contribution is -0.181. The first-order valence-electron chi connectivity index (χ1n) is 16.0. The van der Waals surface area contributed by atoms with Gasteiger partial charge in [0.1, 0.15) is 11.4 Å². The molecule has 50 heavy (non-hydrogen) atoms. The summed E-state index contributed by atoms with van der Waals surface area (Å²) in [6.07, 6.45) is 1.48. The molecule has 262 valence electrons. The minimum Gasteiger partial charge on any atom is -0.452 e. The van der Waals surface area contributed by atoms with Crippen LogP contribution in [0, 0.1) is 0 Å². The molecule has 2 amide bonds. The lowest BCUT2D eigenvalue weighted by atomic mass is 9.77. The standard InChI is InChI=1S/C36H40N6O6S2/c1-3-20-42(48-21-19-37)34(43)26-22-32-31(24-30(49-32)25-38-50(45,46)41-35(44)47-2)39-33(23-26)40-36(27-13-7-4-8-14-27,28-15-9-5-10-16-28)29-17-11-6-12-18-29/h4-18,22,24,38H,3,19-21,23,25,37H2,1-2H3,(H,39,40)(H,41,44). The summed E-state index contributed by atoms with van der Waals surface area (Å²) in [7, 11) is -3.12. The van der Waals surface area contributed by atoms with Gasteiger partial charge in [-0.1, -0.05) is 97.9 Å². The average molecular weight is 717 g/mol. The van der Waals surface area contributed by atoms with Crippen LogP contribution in [0.25, 0.3) is 6.08 Å². The van der Waals surface area contributed by atoms with Gasteiger partial charge in [-0.3, -0.25) is 14.6 Å². The summed E-state index contributed by atoms with van der Waals surface area (Å²) in [4.78, 5) is 38.3. The summed E-state index contributed by atoms with van der Waals surface area (Å²) in [5, 5.41) is 4.83. The van der Waals surface area contributed by atoms with Crippen LogP contribution in [0.1, 0.15) is 46.2 Å². The molecule has 5 N–H and O–H groups in total. The first-order valence-corrected chi connectivity index (χ1v) is 18.3. The van der Waals surface area contributed by atoms with E-state index in [2.05, 4.69) is 14.8 Å². The number of amides is 2. The van der Waals surface area contributed by atoms with Gasteiger partial charge in [-0.15, -0.1) is 11.3 Å². The lowest BCUT2D eigenvalue weighted by Crippen LogP contribution is -2.39. The number of nitrogens with one attached hydrogen (secondary N) is 3. The van der Waals surface area contributed by atoms with Crippen LogP contribution in [-0.2, 0) is 36.7 Å². The number of aliphatic imine (C=N–C) groups is 1. The monoisotopic (exact) mass is 716 g/mol. The Kier molecular flexibility index (Phi) is 12.2. The SMILES string of the molecule is CCCN(OCCN)C(=O)C1=Cc2sc(CNS(=O)(=O)NC(=O)OC)cc2NC(=NC(c2ccccc2)(c2ccccc2)c2ccccc2)C1. The number of nitrogens with zero attached hydrogens (tertiary/aromatic N) is 2. The van der Waals surface area contributed by atoms with E-state index < -0.39 is 21.8 Å². The van der Waals surface area contributed by atoms with Gasteiger partial charge in [0.2, 0.25) is 0 Å². The number of carbonyl (C=O) groups excluding carboxylic acids is 2. The molecule has 12 nitrogen and oxygen atoms in total. The van der Waals surface area contributed by atoms with Crippen LogP contribution in [0.15, 0.2) is 108 Å². The van der Waals surface area contributed by atoms with Gasteiger partial charge in [0.05, 0.1) is 24.3 Å². The Morgan fingerprint density at radius 3 is 2.08 bits per heavy atom. The number of hydroxylamine groups is 2. The van der Waals surface area contributed by atoms with Crippen molar-refractivity contribution in [3.05, 3.63) is 129 Å². The lowest BCUT2D eigenvalue weighted by Gasteiger charge is -2.33. The summed E-state index contributed by atoms with van der Waals surface area (Å²) in [6, 6.07) is 31.7. The maximum Gasteiger partial charge on any atom is 0.421 e. The number of thiophene rings is 1. The van der Waals surface area contributed by atoms with Gasteiger partial charge in [-0.25, -0.2) is 14.6 Å². The smallest absolute Gasteiger partial charge is 0.421 e. The Bertz CT molecular complexity index is 1840. The topological polar surface area (TPSA) is 164 Å². The molecule has 0 spiro atoms. The average Bonchev–Trinajstić information content (AvgIpc) is 3.43. The fourth-order valence-corrected chi connectivity index (χ4v) is 7.42. The third-order valence-corrected chi connectivity index (χ3v) is 9.81. The van der Waals surface area contributed by atoms with E-state index in [0.717, 1.165) is 23.8 Å². The van der Waals surface area contributed by atoms with Gasteiger partial charge in [0.15, 0.2) is 0 Å². The summed E-state index contributed by atoms with van der Waals surface area (Å²) in [6.45, 7) is 2.60. The predicted molar refractivity (Wildman–Crippen MR) is 195 cm³/mol. The molecule has 2 heterocycles. The summed E-state index contributed by atoms with van der Waals surface area (Å²) < 4.78 is 33.4. The number of rotatable bonds is 14. The Morgan fingerprint density at radius 2 is 1.56 bits per heavy atom. The van der Waals surface area contributed by atoms with Crippen LogP contribution in [-0.4, -0.2) is 58.1 Å². The number of methoxy groups -OCH3 is 1. The Hall–Kier alpha value is -4.86. The third kappa shape index (κ3) is 8.64. The number of anilines is 1. The highest BCUT2D eigenvalue weighted by molar-refractivity contribution is 7.88. The highest BCUT2D eigenvalue weighted by Crippen LogP contribution is 2.42. The molecule has 0 bridgehead atoms. The van der Waals surface area contributed by atoms with Crippen LogP contribution in [0.5, 0.6) is 0 Å². The molecule has 5 rings (SSSR count). The number of nitrogens with two attached hydrogens (primary N) is 1. The molecule has 0 fully saturated rings. The fraction of sp³-hybridized carbons (Fsp3) is 0.250. The zero-order chi connectivity index (χ0) is 35.6. The number of benzene rings is 3. The molecule has 0 atom stereocenters. The van der Waals surface area contributed by atoms with Gasteiger partial charge >= 0.3 is 16.3 Å². The number of hydrogen-bond donors (Lipinski definition) is 4. The van der Waals surface area contributed by atoms with E-state index in [1.807, 2.05) is 97.9 Å².